The highest BCUT2D eigenvalue weighted by Crippen LogP contribution is 2.54. The molecule has 3 aliphatic rings. The maximum absolute atomic E-state index is 13.8. The molecule has 4 atom stereocenters. The number of benzene rings is 2. The van der Waals surface area contributed by atoms with Crippen molar-refractivity contribution in [2.45, 2.75) is 37.5 Å². The Balaban J connectivity index is 1.49. The van der Waals surface area contributed by atoms with Crippen LogP contribution >= 0.6 is 0 Å². The van der Waals surface area contributed by atoms with E-state index in [1.165, 1.54) is 0 Å². The van der Waals surface area contributed by atoms with Crippen LogP contribution in [0.1, 0.15) is 36.9 Å². The van der Waals surface area contributed by atoms with Gasteiger partial charge >= 0.3 is 5.97 Å². The minimum Gasteiger partial charge on any atom is -0.465 e. The molecule has 3 aliphatic heterocycles. The summed E-state index contributed by atoms with van der Waals surface area (Å²) in [5.74, 6) is -1.47. The molecule has 2 aromatic carbocycles. The molecule has 1 amide bonds. The molecule has 2 bridgehead atoms. The number of hydrogen-bond donors (Lipinski definition) is 0. The molecular formula is C26H27NO4. The fourth-order valence-corrected chi connectivity index (χ4v) is 5.25. The van der Waals surface area contributed by atoms with Crippen molar-refractivity contribution >= 4 is 11.9 Å². The number of unbranched alkanes of at least 4 members (excludes halogenated alkanes) is 1. The predicted molar refractivity (Wildman–Crippen MR) is 116 cm³/mol. The first kappa shape index (κ1) is 20.0. The first-order valence-corrected chi connectivity index (χ1v) is 11.1. The van der Waals surface area contributed by atoms with E-state index in [0.717, 1.165) is 24.0 Å². The van der Waals surface area contributed by atoms with E-state index in [2.05, 4.69) is 6.92 Å². The molecule has 0 radical (unpaired) electrons. The van der Waals surface area contributed by atoms with E-state index in [4.69, 9.17) is 9.47 Å². The Morgan fingerprint density at radius 3 is 2.39 bits per heavy atom. The molecule has 2 aromatic rings. The van der Waals surface area contributed by atoms with Crippen LogP contribution in [0.15, 0.2) is 72.8 Å². The number of hydrogen-bond acceptors (Lipinski definition) is 4. The second-order valence-corrected chi connectivity index (χ2v) is 8.61. The standard InChI is InChI=1S/C26H27NO4/c1-2-3-16-30-25(29)21-20-14-15-26(31-20)17-27(24(28)22(21)26)23(18-10-6-4-7-11-18)19-12-8-5-9-13-19/h4-15,20-23H,2-3,16-17H2,1H3/t20-,21+,22-,26+/m0/s1. The SMILES string of the molecule is CCCCOC(=O)[C@@H]1[C@@H]2C=C[C@]3(CN(C(c4ccccc4)c4ccccc4)C(=O)[C@H]13)O2. The van der Waals surface area contributed by atoms with Gasteiger partial charge in [0, 0.05) is 0 Å². The van der Waals surface area contributed by atoms with Gasteiger partial charge in [-0.2, -0.15) is 0 Å². The Bertz CT molecular complexity index is 949. The van der Waals surface area contributed by atoms with Crippen molar-refractivity contribution in [1.29, 1.82) is 0 Å². The molecule has 1 spiro atoms. The Labute approximate surface area is 182 Å². The second-order valence-electron chi connectivity index (χ2n) is 8.61. The van der Waals surface area contributed by atoms with Crippen LogP contribution in [0.3, 0.4) is 0 Å². The first-order chi connectivity index (χ1) is 15.1. The smallest absolute Gasteiger partial charge is 0.312 e. The molecule has 3 heterocycles. The first-order valence-electron chi connectivity index (χ1n) is 11.1. The number of rotatable bonds is 7. The minimum atomic E-state index is -0.752. The van der Waals surface area contributed by atoms with E-state index >= 15 is 0 Å². The van der Waals surface area contributed by atoms with Gasteiger partial charge in [-0.15, -0.1) is 0 Å². The largest absolute Gasteiger partial charge is 0.465 e. The summed E-state index contributed by atoms with van der Waals surface area (Å²) < 4.78 is 11.8. The predicted octanol–water partition coefficient (Wildman–Crippen LogP) is 3.90. The van der Waals surface area contributed by atoms with Gasteiger partial charge in [0.1, 0.15) is 11.5 Å². The third-order valence-corrected chi connectivity index (χ3v) is 6.69. The van der Waals surface area contributed by atoms with Crippen molar-refractivity contribution < 1.29 is 19.1 Å². The van der Waals surface area contributed by atoms with E-state index < -0.39 is 17.4 Å². The fraction of sp³-hybridized carbons (Fsp3) is 0.385. The number of nitrogens with zero attached hydrogens (tertiary/aromatic N) is 1. The summed E-state index contributed by atoms with van der Waals surface area (Å²) in [5, 5.41) is 0. The highest BCUT2D eigenvalue weighted by atomic mass is 16.6. The van der Waals surface area contributed by atoms with Crippen molar-refractivity contribution in [2.24, 2.45) is 11.8 Å². The Morgan fingerprint density at radius 1 is 1.13 bits per heavy atom. The maximum atomic E-state index is 13.8. The van der Waals surface area contributed by atoms with Crippen LogP contribution in [0, 0.1) is 11.8 Å². The van der Waals surface area contributed by atoms with Crippen LogP contribution in [0.5, 0.6) is 0 Å². The second kappa shape index (κ2) is 7.97. The molecule has 0 unspecified atom stereocenters. The Kier molecular flexibility index (Phi) is 5.14. The molecule has 5 heteroatoms. The highest BCUT2D eigenvalue weighted by molar-refractivity contribution is 5.91. The number of amides is 1. The monoisotopic (exact) mass is 417 g/mol. The molecule has 5 rings (SSSR count). The Morgan fingerprint density at radius 2 is 1.77 bits per heavy atom. The fourth-order valence-electron chi connectivity index (χ4n) is 5.25. The van der Waals surface area contributed by atoms with Crippen LogP contribution in [-0.2, 0) is 19.1 Å². The average Bonchev–Trinajstić information content (AvgIpc) is 3.44. The minimum absolute atomic E-state index is 0.0398. The van der Waals surface area contributed by atoms with E-state index in [-0.39, 0.29) is 24.0 Å². The van der Waals surface area contributed by atoms with Crippen LogP contribution in [0.4, 0.5) is 0 Å². The lowest BCUT2D eigenvalue weighted by Crippen LogP contribution is -2.40. The lowest BCUT2D eigenvalue weighted by Gasteiger charge is -2.31. The molecule has 2 saturated heterocycles. The normalized spacial score (nSPS) is 28.4. The molecule has 0 saturated carbocycles. The zero-order chi connectivity index (χ0) is 21.4. The van der Waals surface area contributed by atoms with Gasteiger partial charge in [-0.3, -0.25) is 9.59 Å². The zero-order valence-corrected chi connectivity index (χ0v) is 17.6. The summed E-state index contributed by atoms with van der Waals surface area (Å²) in [4.78, 5) is 28.6. The van der Waals surface area contributed by atoms with E-state index in [9.17, 15) is 9.59 Å². The van der Waals surface area contributed by atoms with Crippen LogP contribution in [-0.4, -0.2) is 41.6 Å². The number of carbonyl (C=O) groups is 2. The van der Waals surface area contributed by atoms with Crippen LogP contribution < -0.4 is 0 Å². The molecule has 160 valence electrons. The van der Waals surface area contributed by atoms with Crippen molar-refractivity contribution in [2.75, 3.05) is 13.2 Å². The van der Waals surface area contributed by atoms with E-state index in [0.29, 0.717) is 13.2 Å². The maximum Gasteiger partial charge on any atom is 0.312 e. The van der Waals surface area contributed by atoms with Crippen molar-refractivity contribution in [3.63, 3.8) is 0 Å². The third kappa shape index (κ3) is 3.28. The van der Waals surface area contributed by atoms with E-state index in [1.54, 1.807) is 0 Å². The van der Waals surface area contributed by atoms with Crippen molar-refractivity contribution in [1.82, 2.24) is 4.90 Å². The van der Waals surface area contributed by atoms with Gasteiger partial charge in [0.15, 0.2) is 0 Å². The number of esters is 1. The van der Waals surface area contributed by atoms with Gasteiger partial charge < -0.3 is 14.4 Å². The van der Waals surface area contributed by atoms with Crippen LogP contribution in [0.2, 0.25) is 0 Å². The number of ether oxygens (including phenoxy) is 2. The van der Waals surface area contributed by atoms with Gasteiger partial charge in [-0.05, 0) is 17.5 Å². The van der Waals surface area contributed by atoms with Gasteiger partial charge in [0.05, 0.1) is 31.2 Å². The third-order valence-electron chi connectivity index (χ3n) is 6.69. The average molecular weight is 418 g/mol. The van der Waals surface area contributed by atoms with Crippen molar-refractivity contribution in [3.05, 3.63) is 83.9 Å². The summed E-state index contributed by atoms with van der Waals surface area (Å²) in [5.41, 5.74) is 1.33. The van der Waals surface area contributed by atoms with Crippen molar-refractivity contribution in [3.8, 4) is 0 Å². The molecule has 0 aliphatic carbocycles. The Hall–Kier alpha value is -2.92. The quantitative estimate of drug-likeness (QED) is 0.390. The zero-order valence-electron chi connectivity index (χ0n) is 17.6. The summed E-state index contributed by atoms with van der Waals surface area (Å²) >= 11 is 0. The summed E-state index contributed by atoms with van der Waals surface area (Å²) in [6.07, 6.45) is 5.31. The number of fused-ring (bicyclic) bond motifs is 1. The highest BCUT2D eigenvalue weighted by Gasteiger charge is 2.68. The molecular weight excluding hydrogens is 390 g/mol. The van der Waals surface area contributed by atoms with Crippen LogP contribution in [0.25, 0.3) is 0 Å². The number of likely N-dealkylation sites (tertiary alicyclic amines) is 1. The molecule has 0 aromatic heterocycles. The van der Waals surface area contributed by atoms with Gasteiger partial charge in [-0.25, -0.2) is 0 Å². The van der Waals surface area contributed by atoms with E-state index in [1.807, 2.05) is 77.7 Å². The van der Waals surface area contributed by atoms with Gasteiger partial charge in [0.2, 0.25) is 5.91 Å². The molecule has 2 fully saturated rings. The molecule has 5 nitrogen and oxygen atoms in total. The van der Waals surface area contributed by atoms with Gasteiger partial charge in [0.25, 0.3) is 0 Å². The summed E-state index contributed by atoms with van der Waals surface area (Å²) in [7, 11) is 0. The van der Waals surface area contributed by atoms with Gasteiger partial charge in [-0.1, -0.05) is 86.2 Å². The topological polar surface area (TPSA) is 55.8 Å². The lowest BCUT2D eigenvalue weighted by molar-refractivity contribution is -0.154. The number of carbonyl (C=O) groups excluding carboxylic acids is 2. The summed E-state index contributed by atoms with van der Waals surface area (Å²) in [6.45, 7) is 2.87. The summed E-state index contributed by atoms with van der Waals surface area (Å²) in [6, 6.07) is 19.8. The lowest BCUT2D eigenvalue weighted by atomic mass is 9.77. The molecule has 0 N–H and O–H groups in total. The molecule has 31 heavy (non-hydrogen) atoms.